The van der Waals surface area contributed by atoms with Crippen LogP contribution in [0.4, 0.5) is 5.69 Å². The number of rotatable bonds is 14. The Morgan fingerprint density at radius 1 is 0.945 bits per heavy atom. The van der Waals surface area contributed by atoms with E-state index in [-0.39, 0.29) is 42.9 Å². The minimum Gasteiger partial charge on any atom is -0.459 e. The number of hydrogen-bond acceptors (Lipinski definition) is 18. The number of nitrogens with zero attached hydrogens (tertiary/aromatic N) is 6. The molecule has 1 aromatic carbocycles. The fraction of sp³-hybridized carbons (Fsp3) is 0.811. The number of esters is 1. The van der Waals surface area contributed by atoms with Crippen molar-refractivity contribution >= 4 is 17.4 Å². The maximum atomic E-state index is 14.6. The second-order valence-corrected chi connectivity index (χ2v) is 22.6. The van der Waals surface area contributed by atoms with Crippen LogP contribution < -0.4 is 0 Å². The van der Waals surface area contributed by atoms with Gasteiger partial charge in [-0.05, 0) is 91.8 Å². The Kier molecular flexibility index (Phi) is 19.5. The van der Waals surface area contributed by atoms with Crippen molar-refractivity contribution < 1.29 is 63.4 Å². The summed E-state index contributed by atoms with van der Waals surface area (Å²) in [7, 11) is 5.01. The molecule has 20 nitrogen and oxygen atoms in total. The average Bonchev–Trinajstić information content (AvgIpc) is 3.84. The summed E-state index contributed by atoms with van der Waals surface area (Å²) in [5, 5.41) is 67.4. The largest absolute Gasteiger partial charge is 0.459 e. The van der Waals surface area contributed by atoms with Crippen molar-refractivity contribution in [2.75, 3.05) is 40.9 Å². The molecule has 19 atom stereocenters. The minimum atomic E-state index is -1.98. The van der Waals surface area contributed by atoms with Crippen LogP contribution >= 0.6 is 0 Å². The Morgan fingerprint density at radius 3 is 2.25 bits per heavy atom. The van der Waals surface area contributed by atoms with E-state index in [2.05, 4.69) is 20.1 Å². The van der Waals surface area contributed by atoms with Gasteiger partial charge in [0.2, 0.25) is 0 Å². The molecular weight excluding hydrogens is 945 g/mol. The number of aliphatic hydroxyl groups excluding tert-OH is 3. The van der Waals surface area contributed by atoms with Crippen molar-refractivity contribution in [2.45, 2.75) is 205 Å². The number of cyclic esters (lactones) is 1. The van der Waals surface area contributed by atoms with Crippen LogP contribution in [0.5, 0.6) is 0 Å². The summed E-state index contributed by atoms with van der Waals surface area (Å²) in [5.41, 5.74) is -2.46. The zero-order valence-corrected chi connectivity index (χ0v) is 45.5. The zero-order chi connectivity index (χ0) is 53.9. The first-order chi connectivity index (χ1) is 34.3. The number of aromatic nitrogens is 3. The van der Waals surface area contributed by atoms with Gasteiger partial charge in [-0.2, -0.15) is 0 Å². The molecular formula is C53H86N6O14. The number of nitro benzene ring substituents is 1. The van der Waals surface area contributed by atoms with Crippen LogP contribution in [0.1, 0.15) is 125 Å². The summed E-state index contributed by atoms with van der Waals surface area (Å²) in [4.78, 5) is 44.1. The van der Waals surface area contributed by atoms with Crippen LogP contribution in [0.2, 0.25) is 0 Å². The van der Waals surface area contributed by atoms with E-state index in [0.29, 0.717) is 25.9 Å². The highest BCUT2D eigenvalue weighted by molar-refractivity contribution is 5.83. The van der Waals surface area contributed by atoms with Crippen molar-refractivity contribution in [2.24, 2.45) is 29.6 Å². The van der Waals surface area contributed by atoms with E-state index in [1.54, 1.807) is 53.7 Å². The van der Waals surface area contributed by atoms with Crippen molar-refractivity contribution in [1.29, 1.82) is 0 Å². The molecule has 0 aliphatic carbocycles. The number of carbonyl (C=O) groups is 2. The summed E-state index contributed by atoms with van der Waals surface area (Å²) in [6.07, 6.45) is -3.49. The molecule has 1 aromatic heterocycles. The molecule has 5 heterocycles. The maximum Gasteiger partial charge on any atom is 0.309 e. The van der Waals surface area contributed by atoms with E-state index in [1.165, 1.54) is 33.3 Å². The molecule has 4 saturated heterocycles. The second-order valence-electron chi connectivity index (χ2n) is 22.6. The minimum absolute atomic E-state index is 0.0702. The highest BCUT2D eigenvalue weighted by atomic mass is 16.7. The zero-order valence-electron chi connectivity index (χ0n) is 45.5. The summed E-state index contributed by atoms with van der Waals surface area (Å²) in [6, 6.07) is 6.38. The van der Waals surface area contributed by atoms with Crippen LogP contribution in [0.15, 0.2) is 30.5 Å². The lowest BCUT2D eigenvalue weighted by molar-refractivity contribution is -0.384. The molecule has 0 radical (unpaired) electrons. The lowest BCUT2D eigenvalue weighted by Crippen LogP contribution is -2.62. The third-order valence-electron chi connectivity index (χ3n) is 17.2. The van der Waals surface area contributed by atoms with E-state index < -0.39 is 112 Å². The number of ketones is 1. The normalized spacial score (nSPS) is 40.8. The number of ether oxygens (including phenoxy) is 6. The van der Waals surface area contributed by atoms with Gasteiger partial charge in [0, 0.05) is 88.8 Å². The van der Waals surface area contributed by atoms with Gasteiger partial charge >= 0.3 is 5.97 Å². The highest BCUT2D eigenvalue weighted by Crippen LogP contribution is 2.46. The molecule has 412 valence electrons. The van der Waals surface area contributed by atoms with Crippen molar-refractivity contribution in [1.82, 2.24) is 24.8 Å². The number of nitro groups is 1. The molecule has 6 rings (SSSR count). The number of methoxy groups -OCH3 is 2. The molecule has 20 heteroatoms. The first-order valence-corrected chi connectivity index (χ1v) is 26.4. The predicted molar refractivity (Wildman–Crippen MR) is 269 cm³/mol. The van der Waals surface area contributed by atoms with Gasteiger partial charge in [0.25, 0.3) is 5.69 Å². The summed E-state index contributed by atoms with van der Waals surface area (Å²) < 4.78 is 40.7. The molecule has 4 aliphatic rings. The number of benzene rings is 1. The SMILES string of the molecule is CC[C@H]1OC(=O)[C@H](C)C([C@H]2C[C@@](C)(OC)[C@@H](O)[C@H](C)O2)[C@H](C)[C@@H](O[C@@H]2O[C@H](C)C[C@H](N(C)CCc3cn([C@H]4CCCN(Cc5ccc([N+](=O)[O-])cc5)C4)nn3)[C@H]2O)[C@](C)(OC)C[C@@H](C)C(=O)[C@H](C)[C@@H](O)[C@]1(C)O. The smallest absolute Gasteiger partial charge is 0.309 e. The Bertz CT molecular complexity index is 2150. The standard InChI is InChI=1S/C53H86N6O14/c1-14-42-53(10,65)46(62)34(6)44(60)30(2)25-52(9,69-13)48(32(4)43(33(5)49(64)72-42)41-26-51(8,68-12)47(63)35(7)71-41)73-50-45(61)40(24-31(3)70-50)56(11)23-21-37-28-58(55-54-37)39-16-15-22-57(29-39)27-36-17-19-38(20-18-36)59(66)67/h17-20,28,30-35,39-43,45-48,50,61-63,65H,14-16,21-27,29H2,1-13H3/t30-,31-,32+,33-,34+,35+,39+,40+,41-,42-,43?,45-,46-,47+,48-,50+,51-,52-,53-/m1/s1. The number of likely N-dealkylation sites (tertiary alicyclic amines) is 1. The number of piperidine rings is 1. The lowest BCUT2D eigenvalue weighted by atomic mass is 9.67. The van der Waals surface area contributed by atoms with Crippen molar-refractivity contribution in [3.05, 3.63) is 51.8 Å². The topological polar surface area (TPSA) is 251 Å². The monoisotopic (exact) mass is 1030 g/mol. The first-order valence-electron chi connectivity index (χ1n) is 26.4. The fourth-order valence-corrected chi connectivity index (χ4v) is 12.5. The van der Waals surface area contributed by atoms with Crippen LogP contribution in [-0.2, 0) is 51.0 Å². The number of hydrogen-bond donors (Lipinski definition) is 4. The number of carbonyl (C=O) groups excluding carboxylic acids is 2. The average molecular weight is 1030 g/mol. The van der Waals surface area contributed by atoms with E-state index in [0.717, 1.165) is 37.2 Å². The summed E-state index contributed by atoms with van der Waals surface area (Å²) >= 11 is 0. The van der Waals surface area contributed by atoms with Gasteiger partial charge in [0.15, 0.2) is 6.29 Å². The van der Waals surface area contributed by atoms with Crippen LogP contribution in [0.3, 0.4) is 0 Å². The van der Waals surface area contributed by atoms with Crippen LogP contribution in [0, 0.1) is 39.7 Å². The van der Waals surface area contributed by atoms with Crippen LogP contribution in [0.25, 0.3) is 0 Å². The Labute approximate surface area is 431 Å². The Hall–Kier alpha value is -3.54. The third-order valence-corrected chi connectivity index (χ3v) is 17.2. The quantitative estimate of drug-likeness (QED) is 0.114. The molecule has 4 aliphatic heterocycles. The second kappa shape index (κ2) is 24.2. The number of likely N-dealkylation sites (N-methyl/N-ethyl adjacent to an activating group) is 1. The number of non-ortho nitro benzene ring substituents is 1. The highest BCUT2D eigenvalue weighted by Gasteiger charge is 2.56. The van der Waals surface area contributed by atoms with Gasteiger partial charge in [-0.15, -0.1) is 5.10 Å². The molecule has 2 aromatic rings. The van der Waals surface area contributed by atoms with Crippen LogP contribution in [-0.4, -0.2) is 181 Å². The molecule has 4 fully saturated rings. The van der Waals surface area contributed by atoms with E-state index in [4.69, 9.17) is 28.4 Å². The molecule has 1 unspecified atom stereocenters. The van der Waals surface area contributed by atoms with Gasteiger partial charge in [-0.25, -0.2) is 4.68 Å². The molecule has 0 bridgehead atoms. The predicted octanol–water partition coefficient (Wildman–Crippen LogP) is 4.66. The molecule has 4 N–H and O–H groups in total. The molecule has 73 heavy (non-hydrogen) atoms. The molecule has 0 amide bonds. The van der Waals surface area contributed by atoms with Crippen molar-refractivity contribution in [3.63, 3.8) is 0 Å². The maximum absolute atomic E-state index is 14.6. The van der Waals surface area contributed by atoms with E-state index in [1.807, 2.05) is 38.7 Å². The van der Waals surface area contributed by atoms with Gasteiger partial charge in [-0.1, -0.05) is 52.0 Å². The van der Waals surface area contributed by atoms with E-state index >= 15 is 0 Å². The molecule has 0 saturated carbocycles. The van der Waals surface area contributed by atoms with Gasteiger partial charge in [0.05, 0.1) is 64.3 Å². The summed E-state index contributed by atoms with van der Waals surface area (Å²) in [6.45, 7) is 20.3. The van der Waals surface area contributed by atoms with Gasteiger partial charge < -0.3 is 53.7 Å². The third kappa shape index (κ3) is 13.0. The number of aliphatic hydroxyl groups is 4. The fourth-order valence-electron chi connectivity index (χ4n) is 12.5. The summed E-state index contributed by atoms with van der Waals surface area (Å²) in [5.74, 6) is -5.08. The van der Waals surface area contributed by atoms with Gasteiger partial charge in [0.1, 0.15) is 29.7 Å². The van der Waals surface area contributed by atoms with Gasteiger partial charge in [-0.3, -0.25) is 24.6 Å². The Balaban J connectivity index is 1.25. The lowest BCUT2D eigenvalue weighted by Gasteiger charge is -2.52. The first kappa shape index (κ1) is 58.7. The Morgan fingerprint density at radius 2 is 1.62 bits per heavy atom. The number of Topliss-reactive ketones (excluding diaryl/α,β-unsaturated/α-hetero) is 1. The van der Waals surface area contributed by atoms with Crippen molar-refractivity contribution in [3.8, 4) is 0 Å². The van der Waals surface area contributed by atoms with E-state index in [9.17, 15) is 40.1 Å². The molecule has 0 spiro atoms.